The van der Waals surface area contributed by atoms with E-state index in [1.54, 1.807) is 18.3 Å². The molecule has 0 aliphatic heterocycles. The second-order valence-electron chi connectivity index (χ2n) is 6.07. The monoisotopic (exact) mass is 299 g/mol. The van der Waals surface area contributed by atoms with Crippen LogP contribution in [0.15, 0.2) is 36.5 Å². The summed E-state index contributed by atoms with van der Waals surface area (Å²) in [5.74, 6) is 0.283. The Labute approximate surface area is 130 Å². The minimum Gasteiger partial charge on any atom is -0.456 e. The van der Waals surface area contributed by atoms with Gasteiger partial charge in [-0.3, -0.25) is 0 Å². The molecule has 0 spiro atoms. The highest BCUT2D eigenvalue weighted by molar-refractivity contribution is 5.89. The van der Waals surface area contributed by atoms with Crippen LogP contribution in [0.5, 0.6) is 0 Å². The van der Waals surface area contributed by atoms with Crippen molar-refractivity contribution in [2.75, 3.05) is 5.32 Å². The van der Waals surface area contributed by atoms with Gasteiger partial charge in [-0.05, 0) is 51.5 Å². The summed E-state index contributed by atoms with van der Waals surface area (Å²) >= 11 is 0. The zero-order valence-electron chi connectivity index (χ0n) is 13.4. The van der Waals surface area contributed by atoms with Crippen molar-refractivity contribution < 1.29 is 9.53 Å². The van der Waals surface area contributed by atoms with Crippen LogP contribution < -0.4 is 5.32 Å². The Bertz CT molecular complexity index is 646. The van der Waals surface area contributed by atoms with E-state index in [-0.39, 0.29) is 5.97 Å². The summed E-state index contributed by atoms with van der Waals surface area (Å²) in [6.07, 6.45) is 1.72. The fourth-order valence-corrected chi connectivity index (χ4v) is 1.81. The fourth-order valence-electron chi connectivity index (χ4n) is 1.81. The molecule has 1 heterocycles. The number of nitrogens with zero attached hydrogens (tertiary/aromatic N) is 2. The normalized spacial score (nSPS) is 11.1. The molecule has 5 heteroatoms. The van der Waals surface area contributed by atoms with Crippen molar-refractivity contribution in [2.45, 2.75) is 39.8 Å². The van der Waals surface area contributed by atoms with Gasteiger partial charge < -0.3 is 10.1 Å². The number of carbonyl (C=O) groups is 1. The molecular weight excluding hydrogens is 278 g/mol. The quantitative estimate of drug-likeness (QED) is 0.877. The van der Waals surface area contributed by atoms with Crippen LogP contribution in [0.3, 0.4) is 0 Å². The molecule has 1 N–H and O–H groups in total. The van der Waals surface area contributed by atoms with Crippen molar-refractivity contribution >= 4 is 11.9 Å². The SMILES string of the molecule is Cc1ccnc(NCc2ccc(C(=O)OC(C)(C)C)cc2)n1. The summed E-state index contributed by atoms with van der Waals surface area (Å²) in [5.41, 5.74) is 2.01. The summed E-state index contributed by atoms with van der Waals surface area (Å²) in [6, 6.07) is 9.16. The minimum atomic E-state index is -0.486. The van der Waals surface area contributed by atoms with E-state index >= 15 is 0 Å². The molecule has 0 aliphatic carbocycles. The standard InChI is InChI=1S/C17H21N3O2/c1-12-9-10-18-16(20-12)19-11-13-5-7-14(8-6-13)15(21)22-17(2,3)4/h5-10H,11H2,1-4H3,(H,18,19,20). The predicted octanol–water partition coefficient (Wildman–Crippen LogP) is 3.35. The molecule has 0 atom stereocenters. The van der Waals surface area contributed by atoms with Gasteiger partial charge in [0.15, 0.2) is 0 Å². The molecule has 0 radical (unpaired) electrons. The molecule has 0 aliphatic rings. The summed E-state index contributed by atoms with van der Waals surface area (Å²) < 4.78 is 5.33. The molecule has 2 rings (SSSR count). The molecule has 0 amide bonds. The molecule has 0 unspecified atom stereocenters. The first kappa shape index (κ1) is 15.9. The molecule has 2 aromatic rings. The van der Waals surface area contributed by atoms with Crippen LogP contribution in [0.1, 0.15) is 42.4 Å². The van der Waals surface area contributed by atoms with Crippen molar-refractivity contribution in [3.8, 4) is 0 Å². The van der Waals surface area contributed by atoms with E-state index in [0.29, 0.717) is 18.1 Å². The maximum Gasteiger partial charge on any atom is 0.338 e. The van der Waals surface area contributed by atoms with Gasteiger partial charge in [-0.1, -0.05) is 12.1 Å². The Morgan fingerprint density at radius 3 is 2.45 bits per heavy atom. The molecular formula is C17H21N3O2. The number of nitrogens with one attached hydrogen (secondary N) is 1. The lowest BCUT2D eigenvalue weighted by Gasteiger charge is -2.19. The predicted molar refractivity (Wildman–Crippen MR) is 85.7 cm³/mol. The smallest absolute Gasteiger partial charge is 0.338 e. The third kappa shape index (κ3) is 4.84. The Kier molecular flexibility index (Phi) is 4.75. The van der Waals surface area contributed by atoms with Gasteiger partial charge in [0.2, 0.25) is 5.95 Å². The summed E-state index contributed by atoms with van der Waals surface area (Å²) in [6.45, 7) is 8.07. The van der Waals surface area contributed by atoms with Gasteiger partial charge in [0.05, 0.1) is 5.56 Å². The molecule has 5 nitrogen and oxygen atoms in total. The van der Waals surface area contributed by atoms with Crippen molar-refractivity contribution in [3.05, 3.63) is 53.3 Å². The highest BCUT2D eigenvalue weighted by Gasteiger charge is 2.17. The molecule has 0 saturated heterocycles. The molecule has 1 aromatic carbocycles. The summed E-state index contributed by atoms with van der Waals surface area (Å²) in [5, 5.41) is 3.15. The van der Waals surface area contributed by atoms with Gasteiger partial charge >= 0.3 is 5.97 Å². The molecule has 22 heavy (non-hydrogen) atoms. The van der Waals surface area contributed by atoms with Crippen LogP contribution >= 0.6 is 0 Å². The third-order valence-electron chi connectivity index (χ3n) is 2.83. The molecule has 0 bridgehead atoms. The van der Waals surface area contributed by atoms with Crippen molar-refractivity contribution in [2.24, 2.45) is 0 Å². The largest absolute Gasteiger partial charge is 0.456 e. The van der Waals surface area contributed by atoms with E-state index in [9.17, 15) is 4.79 Å². The topological polar surface area (TPSA) is 64.1 Å². The Morgan fingerprint density at radius 2 is 1.86 bits per heavy atom. The second-order valence-corrected chi connectivity index (χ2v) is 6.07. The Balaban J connectivity index is 1.96. The summed E-state index contributed by atoms with van der Waals surface area (Å²) in [4.78, 5) is 20.4. The first-order valence-electron chi connectivity index (χ1n) is 7.19. The zero-order valence-corrected chi connectivity index (χ0v) is 13.4. The van der Waals surface area contributed by atoms with Crippen LogP contribution in [0.25, 0.3) is 0 Å². The average Bonchev–Trinajstić information content (AvgIpc) is 2.44. The maximum absolute atomic E-state index is 11.9. The Morgan fingerprint density at radius 1 is 1.18 bits per heavy atom. The lowest BCUT2D eigenvalue weighted by atomic mass is 10.1. The van der Waals surface area contributed by atoms with Crippen LogP contribution in [0.4, 0.5) is 5.95 Å². The number of carbonyl (C=O) groups excluding carboxylic acids is 1. The number of aromatic nitrogens is 2. The third-order valence-corrected chi connectivity index (χ3v) is 2.83. The van der Waals surface area contributed by atoms with Crippen molar-refractivity contribution in [1.82, 2.24) is 9.97 Å². The van der Waals surface area contributed by atoms with E-state index in [1.165, 1.54) is 0 Å². The number of hydrogen-bond acceptors (Lipinski definition) is 5. The lowest BCUT2D eigenvalue weighted by Crippen LogP contribution is -2.23. The van der Waals surface area contributed by atoms with E-state index < -0.39 is 5.60 Å². The Hall–Kier alpha value is -2.43. The highest BCUT2D eigenvalue weighted by atomic mass is 16.6. The number of rotatable bonds is 4. The van der Waals surface area contributed by atoms with Gasteiger partial charge in [0, 0.05) is 18.4 Å². The van der Waals surface area contributed by atoms with Gasteiger partial charge in [-0.25, -0.2) is 14.8 Å². The average molecular weight is 299 g/mol. The van der Waals surface area contributed by atoms with Crippen LogP contribution in [-0.2, 0) is 11.3 Å². The number of anilines is 1. The minimum absolute atomic E-state index is 0.311. The van der Waals surface area contributed by atoms with Crippen molar-refractivity contribution in [1.29, 1.82) is 0 Å². The highest BCUT2D eigenvalue weighted by Crippen LogP contribution is 2.13. The van der Waals surface area contributed by atoms with E-state index in [0.717, 1.165) is 11.3 Å². The van der Waals surface area contributed by atoms with Crippen LogP contribution in [0, 0.1) is 6.92 Å². The number of hydrogen-bond donors (Lipinski definition) is 1. The zero-order chi connectivity index (χ0) is 16.2. The van der Waals surface area contributed by atoms with Gasteiger partial charge in [0.1, 0.15) is 5.60 Å². The second kappa shape index (κ2) is 6.56. The van der Waals surface area contributed by atoms with Crippen molar-refractivity contribution in [3.63, 3.8) is 0 Å². The van der Waals surface area contributed by atoms with Crippen LogP contribution in [0.2, 0.25) is 0 Å². The maximum atomic E-state index is 11.9. The molecule has 1 aromatic heterocycles. The fraction of sp³-hybridized carbons (Fsp3) is 0.353. The number of ether oxygens (including phenoxy) is 1. The van der Waals surface area contributed by atoms with Gasteiger partial charge in [-0.2, -0.15) is 0 Å². The van der Waals surface area contributed by atoms with E-state index in [2.05, 4.69) is 15.3 Å². The number of benzene rings is 1. The molecule has 116 valence electrons. The number of aryl methyl sites for hydroxylation is 1. The van der Waals surface area contributed by atoms with E-state index in [1.807, 2.05) is 45.9 Å². The van der Waals surface area contributed by atoms with Gasteiger partial charge in [0.25, 0.3) is 0 Å². The van der Waals surface area contributed by atoms with E-state index in [4.69, 9.17) is 4.74 Å². The van der Waals surface area contributed by atoms with Crippen LogP contribution in [-0.4, -0.2) is 21.5 Å². The lowest BCUT2D eigenvalue weighted by molar-refractivity contribution is 0.00695. The van der Waals surface area contributed by atoms with Gasteiger partial charge in [-0.15, -0.1) is 0 Å². The first-order chi connectivity index (χ1) is 10.3. The molecule has 0 saturated carbocycles. The number of esters is 1. The molecule has 0 fully saturated rings. The first-order valence-corrected chi connectivity index (χ1v) is 7.19. The summed E-state index contributed by atoms with van der Waals surface area (Å²) in [7, 11) is 0.